The van der Waals surface area contributed by atoms with Gasteiger partial charge in [0.15, 0.2) is 0 Å². The number of hydrogen-bond donors (Lipinski definition) is 1. The molecule has 0 bridgehead atoms. The average Bonchev–Trinajstić information content (AvgIpc) is 3.34. The van der Waals surface area contributed by atoms with E-state index >= 15 is 0 Å². The lowest BCUT2D eigenvalue weighted by Crippen LogP contribution is -2.45. The maximum Gasteiger partial charge on any atom is 0.322 e. The SMILES string of the molecule is CC1=C(c2nc(-c3ccc(C)cc3)no2)C(c2ccc(C)c(C)c2)NC(=O)N1Cc1ccccc1Cl. The van der Waals surface area contributed by atoms with Crippen molar-refractivity contribution in [3.05, 3.63) is 111 Å². The Morgan fingerprint density at radius 2 is 1.72 bits per heavy atom. The Labute approximate surface area is 215 Å². The van der Waals surface area contributed by atoms with E-state index in [1.165, 1.54) is 5.56 Å². The zero-order chi connectivity index (χ0) is 25.4. The van der Waals surface area contributed by atoms with Crippen molar-refractivity contribution in [1.29, 1.82) is 0 Å². The molecule has 0 saturated heterocycles. The minimum atomic E-state index is -0.439. The summed E-state index contributed by atoms with van der Waals surface area (Å²) in [7, 11) is 0. The number of hydrogen-bond acceptors (Lipinski definition) is 4. The van der Waals surface area contributed by atoms with Gasteiger partial charge in [0.25, 0.3) is 5.89 Å². The minimum Gasteiger partial charge on any atom is -0.334 e. The van der Waals surface area contributed by atoms with Crippen molar-refractivity contribution in [1.82, 2.24) is 20.4 Å². The highest BCUT2D eigenvalue weighted by atomic mass is 35.5. The summed E-state index contributed by atoms with van der Waals surface area (Å²) in [6.45, 7) is 8.39. The van der Waals surface area contributed by atoms with E-state index in [0.29, 0.717) is 23.3 Å². The number of carbonyl (C=O) groups excluding carboxylic acids is 1. The van der Waals surface area contributed by atoms with Crippen LogP contribution in [0, 0.1) is 20.8 Å². The van der Waals surface area contributed by atoms with Crippen molar-refractivity contribution in [2.24, 2.45) is 0 Å². The fourth-order valence-corrected chi connectivity index (χ4v) is 4.59. The Kier molecular flexibility index (Phi) is 6.37. The van der Waals surface area contributed by atoms with Gasteiger partial charge in [-0.3, -0.25) is 4.90 Å². The zero-order valence-electron chi connectivity index (χ0n) is 20.7. The second-order valence-electron chi connectivity index (χ2n) is 9.19. The topological polar surface area (TPSA) is 71.3 Å². The highest BCUT2D eigenvalue weighted by Gasteiger charge is 2.36. The van der Waals surface area contributed by atoms with Crippen LogP contribution in [-0.4, -0.2) is 21.1 Å². The van der Waals surface area contributed by atoms with Crippen molar-refractivity contribution >= 4 is 23.2 Å². The Balaban J connectivity index is 1.62. The van der Waals surface area contributed by atoms with Gasteiger partial charge in [-0.25, -0.2) is 4.79 Å². The first kappa shape index (κ1) is 23.8. The fraction of sp³-hybridized carbons (Fsp3) is 0.207. The Hall–Kier alpha value is -3.90. The summed E-state index contributed by atoms with van der Waals surface area (Å²) in [6.07, 6.45) is 0. The van der Waals surface area contributed by atoms with E-state index in [4.69, 9.17) is 21.1 Å². The highest BCUT2D eigenvalue weighted by molar-refractivity contribution is 6.31. The lowest BCUT2D eigenvalue weighted by Gasteiger charge is -2.35. The van der Waals surface area contributed by atoms with Crippen LogP contribution < -0.4 is 5.32 Å². The standard InChI is InChI=1S/C29H27ClN4O2/c1-17-9-12-21(13-10-17)27-32-28(36-33-27)25-20(4)34(16-23-7-5-6-8-24(23)30)29(35)31-26(25)22-14-11-18(2)19(3)15-22/h5-15,26H,16H2,1-4H3,(H,31,35). The summed E-state index contributed by atoms with van der Waals surface area (Å²) in [5.41, 5.74) is 7.64. The summed E-state index contributed by atoms with van der Waals surface area (Å²) in [4.78, 5) is 19.8. The molecule has 6 nitrogen and oxygen atoms in total. The molecule has 0 aliphatic carbocycles. The number of allylic oxidation sites excluding steroid dienone is 1. The Morgan fingerprint density at radius 3 is 2.44 bits per heavy atom. The predicted molar refractivity (Wildman–Crippen MR) is 141 cm³/mol. The number of urea groups is 1. The van der Waals surface area contributed by atoms with Crippen molar-refractivity contribution in [2.45, 2.75) is 40.3 Å². The molecule has 0 spiro atoms. The van der Waals surface area contributed by atoms with Crippen LogP contribution in [0.15, 0.2) is 77.0 Å². The molecule has 182 valence electrons. The first-order chi connectivity index (χ1) is 17.3. The normalized spacial score (nSPS) is 15.9. The maximum absolute atomic E-state index is 13.4. The molecule has 4 aromatic rings. The van der Waals surface area contributed by atoms with Crippen LogP contribution in [0.5, 0.6) is 0 Å². The molecule has 1 N–H and O–H groups in total. The summed E-state index contributed by atoms with van der Waals surface area (Å²) in [5.74, 6) is 0.870. The summed E-state index contributed by atoms with van der Waals surface area (Å²) in [6, 6.07) is 21.0. The molecule has 3 aromatic carbocycles. The third-order valence-corrected chi connectivity index (χ3v) is 7.08. The first-order valence-electron chi connectivity index (χ1n) is 11.8. The first-order valence-corrected chi connectivity index (χ1v) is 12.2. The van der Waals surface area contributed by atoms with Gasteiger partial charge >= 0.3 is 6.03 Å². The van der Waals surface area contributed by atoms with Gasteiger partial charge in [-0.05, 0) is 56.0 Å². The fourth-order valence-electron chi connectivity index (χ4n) is 4.39. The van der Waals surface area contributed by atoms with Gasteiger partial charge in [0.1, 0.15) is 0 Å². The lowest BCUT2D eigenvalue weighted by molar-refractivity contribution is 0.203. The highest BCUT2D eigenvalue weighted by Crippen LogP contribution is 2.38. The summed E-state index contributed by atoms with van der Waals surface area (Å²) < 4.78 is 5.80. The van der Waals surface area contributed by atoms with Gasteiger partial charge in [0.2, 0.25) is 5.82 Å². The molecule has 2 amide bonds. The molecule has 5 rings (SSSR count). The van der Waals surface area contributed by atoms with E-state index < -0.39 is 6.04 Å². The molecule has 1 aromatic heterocycles. The molecular formula is C29H27ClN4O2. The molecule has 0 radical (unpaired) electrons. The van der Waals surface area contributed by atoms with E-state index in [9.17, 15) is 4.79 Å². The number of amides is 2. The largest absolute Gasteiger partial charge is 0.334 e. The summed E-state index contributed by atoms with van der Waals surface area (Å²) in [5, 5.41) is 8.02. The van der Waals surface area contributed by atoms with E-state index in [2.05, 4.69) is 36.5 Å². The molecule has 2 heterocycles. The molecule has 0 fully saturated rings. The smallest absolute Gasteiger partial charge is 0.322 e. The summed E-state index contributed by atoms with van der Waals surface area (Å²) >= 11 is 6.42. The third kappa shape index (κ3) is 4.52. The van der Waals surface area contributed by atoms with Crippen molar-refractivity contribution in [3.63, 3.8) is 0 Å². The van der Waals surface area contributed by atoms with Crippen LogP contribution in [0.4, 0.5) is 4.79 Å². The second-order valence-corrected chi connectivity index (χ2v) is 9.60. The number of nitrogens with one attached hydrogen (secondary N) is 1. The van der Waals surface area contributed by atoms with Gasteiger partial charge < -0.3 is 9.84 Å². The minimum absolute atomic E-state index is 0.210. The number of aryl methyl sites for hydroxylation is 3. The number of benzene rings is 3. The van der Waals surface area contributed by atoms with Crippen LogP contribution in [-0.2, 0) is 6.54 Å². The molecule has 1 aliphatic rings. The van der Waals surface area contributed by atoms with E-state index in [1.807, 2.05) is 68.4 Å². The third-order valence-electron chi connectivity index (χ3n) is 6.71. The molecule has 0 saturated carbocycles. The van der Waals surface area contributed by atoms with Crippen LogP contribution in [0.1, 0.15) is 46.7 Å². The van der Waals surface area contributed by atoms with E-state index in [-0.39, 0.29) is 6.03 Å². The van der Waals surface area contributed by atoms with Gasteiger partial charge in [0.05, 0.1) is 18.2 Å². The molecule has 1 unspecified atom stereocenters. The Morgan fingerprint density at radius 1 is 0.972 bits per heavy atom. The lowest BCUT2D eigenvalue weighted by atomic mass is 9.92. The van der Waals surface area contributed by atoms with E-state index in [0.717, 1.165) is 39.1 Å². The monoisotopic (exact) mass is 498 g/mol. The van der Waals surface area contributed by atoms with Gasteiger partial charge in [-0.2, -0.15) is 4.98 Å². The molecule has 1 aliphatic heterocycles. The van der Waals surface area contributed by atoms with E-state index in [1.54, 1.807) is 4.90 Å². The average molecular weight is 499 g/mol. The molecule has 36 heavy (non-hydrogen) atoms. The van der Waals surface area contributed by atoms with Crippen LogP contribution in [0.2, 0.25) is 5.02 Å². The number of rotatable bonds is 5. The molecule has 7 heteroatoms. The predicted octanol–water partition coefficient (Wildman–Crippen LogP) is 7.01. The van der Waals surface area contributed by atoms with Gasteiger partial charge in [-0.15, -0.1) is 0 Å². The van der Waals surface area contributed by atoms with Crippen LogP contribution >= 0.6 is 11.6 Å². The molecular weight excluding hydrogens is 472 g/mol. The van der Waals surface area contributed by atoms with Gasteiger partial charge in [-0.1, -0.05) is 83.0 Å². The second kappa shape index (κ2) is 9.63. The number of carbonyl (C=O) groups is 1. The number of aromatic nitrogens is 2. The number of nitrogens with zero attached hydrogens (tertiary/aromatic N) is 3. The molecule has 1 atom stereocenters. The number of halogens is 1. The van der Waals surface area contributed by atoms with Gasteiger partial charge in [0, 0.05) is 16.3 Å². The van der Waals surface area contributed by atoms with Crippen LogP contribution in [0.25, 0.3) is 17.0 Å². The van der Waals surface area contributed by atoms with Crippen LogP contribution in [0.3, 0.4) is 0 Å². The Bertz CT molecular complexity index is 1470. The quantitative estimate of drug-likeness (QED) is 0.321. The van der Waals surface area contributed by atoms with Crippen molar-refractivity contribution < 1.29 is 9.32 Å². The van der Waals surface area contributed by atoms with Crippen molar-refractivity contribution in [2.75, 3.05) is 0 Å². The maximum atomic E-state index is 13.4. The van der Waals surface area contributed by atoms with Crippen molar-refractivity contribution in [3.8, 4) is 11.4 Å². The zero-order valence-corrected chi connectivity index (χ0v) is 21.4.